The van der Waals surface area contributed by atoms with Gasteiger partial charge in [-0.1, -0.05) is 22.0 Å². The van der Waals surface area contributed by atoms with Gasteiger partial charge in [0.15, 0.2) is 0 Å². The molecule has 1 N–H and O–H groups in total. The molecule has 0 bridgehead atoms. The second-order valence-corrected chi connectivity index (χ2v) is 4.95. The van der Waals surface area contributed by atoms with E-state index in [-0.39, 0.29) is 18.2 Å². The smallest absolute Gasteiger partial charge is 0.129 e. The van der Waals surface area contributed by atoms with Crippen molar-refractivity contribution in [3.8, 4) is 0 Å². The van der Waals surface area contributed by atoms with Crippen LogP contribution in [-0.2, 0) is 0 Å². The van der Waals surface area contributed by atoms with Crippen LogP contribution in [0.1, 0.15) is 11.6 Å². The van der Waals surface area contributed by atoms with Crippen molar-refractivity contribution < 1.29 is 8.78 Å². The maximum atomic E-state index is 13.8. The minimum absolute atomic E-state index is 0. The molecule has 1 aromatic rings. The summed E-state index contributed by atoms with van der Waals surface area (Å²) in [4.78, 5) is 1.99. The van der Waals surface area contributed by atoms with E-state index >= 15 is 0 Å². The van der Waals surface area contributed by atoms with Crippen molar-refractivity contribution >= 4 is 28.3 Å². The van der Waals surface area contributed by atoms with Gasteiger partial charge in [0.05, 0.1) is 6.04 Å². The Morgan fingerprint density at radius 2 is 2.00 bits per heavy atom. The maximum absolute atomic E-state index is 13.8. The molecule has 0 amide bonds. The van der Waals surface area contributed by atoms with Crippen molar-refractivity contribution in [1.29, 1.82) is 0 Å². The molecule has 6 heteroatoms. The first-order chi connectivity index (χ1) is 8.24. The van der Waals surface area contributed by atoms with Crippen LogP contribution in [0, 0.1) is 5.82 Å². The molecule has 18 heavy (non-hydrogen) atoms. The Labute approximate surface area is 120 Å². The number of nitrogens with one attached hydrogen (secondary N) is 1. The Morgan fingerprint density at radius 1 is 1.33 bits per heavy atom. The summed E-state index contributed by atoms with van der Waals surface area (Å²) in [5, 5.41) is 3.20. The number of benzene rings is 1. The molecule has 0 spiro atoms. The lowest BCUT2D eigenvalue weighted by molar-refractivity contribution is 0.144. The van der Waals surface area contributed by atoms with Gasteiger partial charge in [0, 0.05) is 36.2 Å². The number of hydrogen-bond donors (Lipinski definition) is 1. The predicted octanol–water partition coefficient (Wildman–Crippen LogP) is 2.93. The highest BCUT2D eigenvalue weighted by molar-refractivity contribution is 9.10. The zero-order valence-electron chi connectivity index (χ0n) is 9.83. The molecule has 1 saturated heterocycles. The van der Waals surface area contributed by atoms with Gasteiger partial charge in [-0.2, -0.15) is 0 Å². The Kier molecular flexibility index (Phi) is 6.49. The maximum Gasteiger partial charge on any atom is 0.129 e. The van der Waals surface area contributed by atoms with E-state index in [2.05, 4.69) is 21.2 Å². The second-order valence-electron chi connectivity index (χ2n) is 4.09. The molecule has 0 radical (unpaired) electrons. The fourth-order valence-corrected chi connectivity index (χ4v) is 2.79. The van der Waals surface area contributed by atoms with Gasteiger partial charge in [0.25, 0.3) is 0 Å². The van der Waals surface area contributed by atoms with E-state index in [9.17, 15) is 8.78 Å². The van der Waals surface area contributed by atoms with Gasteiger partial charge >= 0.3 is 0 Å². The number of hydrogen-bond acceptors (Lipinski definition) is 2. The molecule has 102 valence electrons. The van der Waals surface area contributed by atoms with Crippen LogP contribution in [0.5, 0.6) is 0 Å². The highest BCUT2D eigenvalue weighted by atomic mass is 79.9. The first kappa shape index (κ1) is 15.8. The van der Waals surface area contributed by atoms with Crippen molar-refractivity contribution in [3.05, 3.63) is 34.1 Å². The summed E-state index contributed by atoms with van der Waals surface area (Å²) >= 11 is 3.31. The van der Waals surface area contributed by atoms with Crippen LogP contribution in [0.15, 0.2) is 22.7 Å². The summed E-state index contributed by atoms with van der Waals surface area (Å²) in [6.45, 7) is 2.56. The number of nitrogens with zero attached hydrogens (tertiary/aromatic N) is 1. The van der Waals surface area contributed by atoms with Crippen molar-refractivity contribution in [2.45, 2.75) is 6.04 Å². The molecule has 1 fully saturated rings. The van der Waals surface area contributed by atoms with Gasteiger partial charge in [-0.05, 0) is 12.1 Å². The summed E-state index contributed by atoms with van der Waals surface area (Å²) in [5.41, 5.74) is 0.428. The van der Waals surface area contributed by atoms with Gasteiger partial charge in [-0.25, -0.2) is 8.78 Å². The molecule has 0 saturated carbocycles. The van der Waals surface area contributed by atoms with Crippen LogP contribution < -0.4 is 5.32 Å². The average Bonchev–Trinajstić information content (AvgIpc) is 2.35. The van der Waals surface area contributed by atoms with Crippen molar-refractivity contribution in [2.24, 2.45) is 0 Å². The number of piperazine rings is 1. The summed E-state index contributed by atoms with van der Waals surface area (Å²) in [7, 11) is 0. The zero-order chi connectivity index (χ0) is 12.3. The zero-order valence-corrected chi connectivity index (χ0v) is 12.2. The monoisotopic (exact) mass is 340 g/mol. The quantitative estimate of drug-likeness (QED) is 0.909. The highest BCUT2D eigenvalue weighted by Crippen LogP contribution is 2.30. The Morgan fingerprint density at radius 3 is 2.56 bits per heavy atom. The van der Waals surface area contributed by atoms with E-state index in [0.717, 1.165) is 26.2 Å². The van der Waals surface area contributed by atoms with Crippen molar-refractivity contribution in [1.82, 2.24) is 10.2 Å². The van der Waals surface area contributed by atoms with Crippen LogP contribution in [0.2, 0.25) is 0 Å². The first-order valence-corrected chi connectivity index (χ1v) is 6.48. The van der Waals surface area contributed by atoms with Crippen LogP contribution in [0.25, 0.3) is 0 Å². The summed E-state index contributed by atoms with van der Waals surface area (Å²) in [5.74, 6) is -0.347. The molecule has 0 unspecified atom stereocenters. The molecular formula is C12H16BrClF2N2. The third-order valence-corrected chi connectivity index (χ3v) is 3.76. The second kappa shape index (κ2) is 7.38. The molecule has 2 nitrogen and oxygen atoms in total. The molecule has 1 aliphatic heterocycles. The van der Waals surface area contributed by atoms with Crippen LogP contribution in [0.3, 0.4) is 0 Å². The predicted molar refractivity (Wildman–Crippen MR) is 74.5 cm³/mol. The minimum atomic E-state index is -0.570. The highest BCUT2D eigenvalue weighted by Gasteiger charge is 2.26. The van der Waals surface area contributed by atoms with Crippen molar-refractivity contribution in [2.75, 3.05) is 32.9 Å². The van der Waals surface area contributed by atoms with Crippen LogP contribution in [-0.4, -0.2) is 37.8 Å². The number of alkyl halides is 1. The summed E-state index contributed by atoms with van der Waals surface area (Å²) < 4.78 is 27.7. The SMILES string of the molecule is Cl.FC[C@@H](c1c(F)cccc1Br)N1CCNCC1. The largest absolute Gasteiger partial charge is 0.314 e. The van der Waals surface area contributed by atoms with Gasteiger partial charge in [0.2, 0.25) is 0 Å². The Bertz CT molecular complexity index is 366. The average molecular weight is 342 g/mol. The molecule has 1 atom stereocenters. The third-order valence-electron chi connectivity index (χ3n) is 3.07. The number of rotatable bonds is 3. The normalized spacial score (nSPS) is 18.2. The standard InChI is InChI=1S/C12H15BrF2N2.ClH/c13-9-2-1-3-10(15)12(9)11(8-14)17-6-4-16-5-7-17;/h1-3,11,16H,4-8H2;1H/t11-;/m0./s1. The summed E-state index contributed by atoms with van der Waals surface area (Å²) in [6.07, 6.45) is 0. The molecular weight excluding hydrogens is 325 g/mol. The van der Waals surface area contributed by atoms with Crippen molar-refractivity contribution in [3.63, 3.8) is 0 Å². The molecule has 1 aromatic carbocycles. The summed E-state index contributed by atoms with van der Waals surface area (Å²) in [6, 6.07) is 4.26. The van der Waals surface area contributed by atoms with E-state index in [0.29, 0.717) is 10.0 Å². The van der Waals surface area contributed by atoms with Gasteiger partial charge < -0.3 is 5.32 Å². The molecule has 1 aliphatic rings. The Hall–Kier alpha value is -0.230. The fraction of sp³-hybridized carbons (Fsp3) is 0.500. The van der Waals surface area contributed by atoms with E-state index in [4.69, 9.17) is 0 Å². The van der Waals surface area contributed by atoms with E-state index in [1.807, 2.05) is 4.90 Å². The third kappa shape index (κ3) is 3.41. The van der Waals surface area contributed by atoms with Gasteiger partial charge in [0.1, 0.15) is 12.5 Å². The fourth-order valence-electron chi connectivity index (χ4n) is 2.18. The molecule has 0 aliphatic carbocycles. The van der Waals surface area contributed by atoms with Gasteiger partial charge in [-0.15, -0.1) is 12.4 Å². The molecule has 0 aromatic heterocycles. The first-order valence-electron chi connectivity index (χ1n) is 5.68. The van der Waals surface area contributed by atoms with E-state index in [1.165, 1.54) is 6.07 Å². The lowest BCUT2D eigenvalue weighted by atomic mass is 10.0. The van der Waals surface area contributed by atoms with Crippen LogP contribution >= 0.6 is 28.3 Å². The lowest BCUT2D eigenvalue weighted by Crippen LogP contribution is -2.46. The molecule has 2 rings (SSSR count). The topological polar surface area (TPSA) is 15.3 Å². The van der Waals surface area contributed by atoms with Gasteiger partial charge in [-0.3, -0.25) is 4.90 Å². The number of halogens is 4. The lowest BCUT2D eigenvalue weighted by Gasteiger charge is -2.34. The Balaban J connectivity index is 0.00000162. The molecule has 1 heterocycles. The van der Waals surface area contributed by atoms with E-state index in [1.54, 1.807) is 12.1 Å². The minimum Gasteiger partial charge on any atom is -0.314 e. The van der Waals surface area contributed by atoms with Crippen LogP contribution in [0.4, 0.5) is 8.78 Å². The van der Waals surface area contributed by atoms with E-state index < -0.39 is 12.7 Å².